The maximum atomic E-state index is 13.2. The van der Waals surface area contributed by atoms with Gasteiger partial charge >= 0.3 is 5.76 Å². The van der Waals surface area contributed by atoms with Crippen LogP contribution in [0.5, 0.6) is 0 Å². The number of sulfone groups is 1. The van der Waals surface area contributed by atoms with Crippen molar-refractivity contribution in [3.05, 3.63) is 64.6 Å². The third-order valence-electron chi connectivity index (χ3n) is 5.27. The van der Waals surface area contributed by atoms with Gasteiger partial charge in [-0.1, -0.05) is 30.3 Å². The summed E-state index contributed by atoms with van der Waals surface area (Å²) in [7, 11) is -5.93. The molecule has 0 N–H and O–H groups in total. The first-order valence-corrected chi connectivity index (χ1v) is 12.2. The second-order valence-corrected chi connectivity index (χ2v) is 11.3. The SMILES string of the molecule is Cn1c(=O)oc2ccc(S(=O)(=O)N3CCC(c4ccccc4)S(=O)(=O)CC3)cc21. The van der Waals surface area contributed by atoms with Crippen molar-refractivity contribution in [3.63, 3.8) is 0 Å². The van der Waals surface area contributed by atoms with Gasteiger partial charge in [0.15, 0.2) is 15.4 Å². The number of hydrogen-bond acceptors (Lipinski definition) is 6. The average Bonchev–Trinajstić information content (AvgIpc) is 2.87. The van der Waals surface area contributed by atoms with Crippen molar-refractivity contribution in [2.75, 3.05) is 18.8 Å². The van der Waals surface area contributed by atoms with Crippen LogP contribution >= 0.6 is 0 Å². The monoisotopic (exact) mass is 436 g/mol. The fourth-order valence-corrected chi connectivity index (χ4v) is 7.01. The second kappa shape index (κ2) is 7.12. The fourth-order valence-electron chi connectivity index (χ4n) is 3.62. The fraction of sp³-hybridized carbons (Fsp3) is 0.316. The van der Waals surface area contributed by atoms with Gasteiger partial charge in [-0.2, -0.15) is 4.31 Å². The molecule has 2 heterocycles. The van der Waals surface area contributed by atoms with Gasteiger partial charge in [-0.15, -0.1) is 0 Å². The van der Waals surface area contributed by atoms with Crippen molar-refractivity contribution < 1.29 is 21.3 Å². The van der Waals surface area contributed by atoms with Crippen molar-refractivity contribution in [2.24, 2.45) is 7.05 Å². The molecule has 1 aliphatic rings. The summed E-state index contributed by atoms with van der Waals surface area (Å²) in [5.41, 5.74) is 1.32. The Morgan fingerprint density at radius 1 is 1.07 bits per heavy atom. The molecule has 4 rings (SSSR count). The van der Waals surface area contributed by atoms with E-state index in [1.165, 1.54) is 34.1 Å². The summed E-state index contributed by atoms with van der Waals surface area (Å²) in [6.07, 6.45) is 0.179. The summed E-state index contributed by atoms with van der Waals surface area (Å²) < 4.78 is 59.3. The van der Waals surface area contributed by atoms with Crippen LogP contribution < -0.4 is 5.76 Å². The molecule has 29 heavy (non-hydrogen) atoms. The number of aromatic nitrogens is 1. The molecule has 3 aromatic rings. The summed E-state index contributed by atoms with van der Waals surface area (Å²) >= 11 is 0. The normalized spacial score (nSPS) is 20.5. The van der Waals surface area contributed by atoms with Crippen LogP contribution in [0.25, 0.3) is 11.1 Å². The predicted molar refractivity (Wildman–Crippen MR) is 108 cm³/mol. The van der Waals surface area contributed by atoms with E-state index in [0.717, 1.165) is 0 Å². The van der Waals surface area contributed by atoms with Gasteiger partial charge in [0.25, 0.3) is 0 Å². The number of aryl methyl sites for hydroxylation is 1. The van der Waals surface area contributed by atoms with Crippen molar-refractivity contribution >= 4 is 31.0 Å². The minimum Gasteiger partial charge on any atom is -0.408 e. The van der Waals surface area contributed by atoms with E-state index < -0.39 is 30.9 Å². The zero-order valence-electron chi connectivity index (χ0n) is 15.7. The lowest BCUT2D eigenvalue weighted by molar-refractivity contribution is 0.428. The van der Waals surface area contributed by atoms with Gasteiger partial charge in [0.05, 0.1) is 21.4 Å². The lowest BCUT2D eigenvalue weighted by Crippen LogP contribution is -2.33. The molecule has 8 nitrogen and oxygen atoms in total. The molecule has 1 atom stereocenters. The van der Waals surface area contributed by atoms with E-state index in [4.69, 9.17) is 4.42 Å². The Hall–Kier alpha value is -2.43. The van der Waals surface area contributed by atoms with Gasteiger partial charge in [-0.25, -0.2) is 21.6 Å². The summed E-state index contributed by atoms with van der Waals surface area (Å²) in [5, 5.41) is -0.735. The molecule has 0 amide bonds. The maximum Gasteiger partial charge on any atom is 0.419 e. The van der Waals surface area contributed by atoms with E-state index in [2.05, 4.69) is 0 Å². The minimum atomic E-state index is -3.93. The number of nitrogens with zero attached hydrogens (tertiary/aromatic N) is 2. The first kappa shape index (κ1) is 19.9. The molecule has 154 valence electrons. The van der Waals surface area contributed by atoms with E-state index in [1.807, 2.05) is 6.07 Å². The smallest absolute Gasteiger partial charge is 0.408 e. The number of hydrogen-bond donors (Lipinski definition) is 0. The highest BCUT2D eigenvalue weighted by atomic mass is 32.2. The molecule has 0 radical (unpaired) electrons. The van der Waals surface area contributed by atoms with Crippen LogP contribution in [0.15, 0.2) is 62.6 Å². The Labute approximate surface area is 168 Å². The van der Waals surface area contributed by atoms with Crippen molar-refractivity contribution in [1.29, 1.82) is 0 Å². The van der Waals surface area contributed by atoms with Crippen LogP contribution in [0.4, 0.5) is 0 Å². The second-order valence-electron chi connectivity index (χ2n) is 7.02. The van der Waals surface area contributed by atoms with E-state index >= 15 is 0 Å². The van der Waals surface area contributed by atoms with Crippen LogP contribution in [-0.4, -0.2) is 44.6 Å². The Bertz CT molecular complexity index is 1320. The third-order valence-corrected chi connectivity index (χ3v) is 9.29. The molecule has 0 saturated carbocycles. The molecule has 1 fully saturated rings. The minimum absolute atomic E-state index is 0.00282. The molecule has 1 aliphatic heterocycles. The lowest BCUT2D eigenvalue weighted by atomic mass is 10.1. The Kier molecular flexibility index (Phi) is 4.88. The molecule has 1 aromatic heterocycles. The van der Waals surface area contributed by atoms with E-state index in [9.17, 15) is 21.6 Å². The molecule has 0 bridgehead atoms. The van der Waals surface area contributed by atoms with Crippen molar-refractivity contribution in [2.45, 2.75) is 16.6 Å². The van der Waals surface area contributed by atoms with Crippen LogP contribution in [0, 0.1) is 0 Å². The molecule has 1 unspecified atom stereocenters. The lowest BCUT2D eigenvalue weighted by Gasteiger charge is -2.19. The van der Waals surface area contributed by atoms with Crippen LogP contribution in [0.1, 0.15) is 17.2 Å². The zero-order chi connectivity index (χ0) is 20.8. The highest BCUT2D eigenvalue weighted by Crippen LogP contribution is 2.31. The van der Waals surface area contributed by atoms with Crippen LogP contribution in [0.3, 0.4) is 0 Å². The third kappa shape index (κ3) is 3.52. The van der Waals surface area contributed by atoms with Gasteiger partial charge < -0.3 is 4.42 Å². The Morgan fingerprint density at radius 2 is 1.79 bits per heavy atom. The Balaban J connectivity index is 1.68. The molecule has 0 spiro atoms. The Morgan fingerprint density at radius 3 is 2.52 bits per heavy atom. The highest BCUT2D eigenvalue weighted by molar-refractivity contribution is 7.92. The van der Waals surface area contributed by atoms with Gasteiger partial charge in [0, 0.05) is 20.1 Å². The van der Waals surface area contributed by atoms with Gasteiger partial charge in [0.1, 0.15) is 0 Å². The standard InChI is InChI=1S/C19H20N2O6S2/c1-20-16-13-15(7-8-17(16)27-19(20)22)29(25,26)21-10-9-18(28(23,24)12-11-21)14-5-3-2-4-6-14/h2-8,13,18H,9-12H2,1H3. The van der Waals surface area contributed by atoms with Crippen LogP contribution in [0.2, 0.25) is 0 Å². The molecule has 2 aromatic carbocycles. The summed E-state index contributed by atoms with van der Waals surface area (Å²) in [4.78, 5) is 11.7. The quantitative estimate of drug-likeness (QED) is 0.618. The number of benzene rings is 2. The molecule has 0 aliphatic carbocycles. The highest BCUT2D eigenvalue weighted by Gasteiger charge is 2.35. The van der Waals surface area contributed by atoms with Crippen molar-refractivity contribution in [3.8, 4) is 0 Å². The molecular weight excluding hydrogens is 416 g/mol. The first-order chi connectivity index (χ1) is 13.7. The summed E-state index contributed by atoms with van der Waals surface area (Å²) in [5.74, 6) is -0.834. The number of sulfonamides is 1. The van der Waals surface area contributed by atoms with E-state index in [0.29, 0.717) is 16.7 Å². The van der Waals surface area contributed by atoms with Gasteiger partial charge in [-0.05, 0) is 30.2 Å². The van der Waals surface area contributed by atoms with Gasteiger partial charge in [0.2, 0.25) is 10.0 Å². The maximum absolute atomic E-state index is 13.2. The van der Waals surface area contributed by atoms with E-state index in [-0.39, 0.29) is 30.2 Å². The predicted octanol–water partition coefficient (Wildman–Crippen LogP) is 1.68. The average molecular weight is 437 g/mol. The topological polar surface area (TPSA) is 107 Å². The largest absolute Gasteiger partial charge is 0.419 e. The summed E-state index contributed by atoms with van der Waals surface area (Å²) in [6.45, 7) is -0.0279. The molecule has 10 heteroatoms. The number of oxazole rings is 1. The summed E-state index contributed by atoms with van der Waals surface area (Å²) in [6, 6.07) is 13.0. The van der Waals surface area contributed by atoms with Crippen LogP contribution in [-0.2, 0) is 26.9 Å². The number of rotatable bonds is 3. The number of fused-ring (bicyclic) bond motifs is 1. The molecule has 1 saturated heterocycles. The molecular formula is C19H20N2O6S2. The first-order valence-electron chi connectivity index (χ1n) is 9.06. The van der Waals surface area contributed by atoms with E-state index in [1.54, 1.807) is 24.3 Å². The zero-order valence-corrected chi connectivity index (χ0v) is 17.3. The van der Waals surface area contributed by atoms with Gasteiger partial charge in [-0.3, -0.25) is 4.57 Å². The van der Waals surface area contributed by atoms with Crippen molar-refractivity contribution in [1.82, 2.24) is 8.87 Å².